The first-order chi connectivity index (χ1) is 21.4. The molecule has 44 heavy (non-hydrogen) atoms. The molecule has 1 unspecified atom stereocenters. The van der Waals surface area contributed by atoms with Gasteiger partial charge < -0.3 is 24.4 Å². The van der Waals surface area contributed by atoms with Crippen LogP contribution >= 0.6 is 0 Å². The molecule has 2 aliphatic heterocycles. The maximum absolute atomic E-state index is 13.4. The molecular formula is C37H30N2O5. The lowest BCUT2D eigenvalue weighted by Crippen LogP contribution is -2.33. The zero-order valence-corrected chi connectivity index (χ0v) is 24.6. The fourth-order valence-corrected chi connectivity index (χ4v) is 6.18. The van der Waals surface area contributed by atoms with E-state index in [1.54, 1.807) is 36.4 Å². The summed E-state index contributed by atoms with van der Waals surface area (Å²) in [5.74, 6) is 0.862. The van der Waals surface area contributed by atoms with E-state index in [2.05, 4.69) is 48.3 Å². The molecule has 2 aliphatic rings. The van der Waals surface area contributed by atoms with E-state index < -0.39 is 11.6 Å². The van der Waals surface area contributed by atoms with Gasteiger partial charge in [0.25, 0.3) is 5.91 Å². The first kappa shape index (κ1) is 27.3. The van der Waals surface area contributed by atoms with Crippen molar-refractivity contribution in [2.24, 2.45) is 0 Å². The summed E-state index contributed by atoms with van der Waals surface area (Å²) in [6.07, 6.45) is 0. The van der Waals surface area contributed by atoms with Gasteiger partial charge in [0.15, 0.2) is 5.60 Å². The van der Waals surface area contributed by atoms with Crippen molar-refractivity contribution in [1.82, 2.24) is 0 Å². The van der Waals surface area contributed by atoms with Gasteiger partial charge in [-0.05, 0) is 74.5 Å². The van der Waals surface area contributed by atoms with Crippen molar-refractivity contribution >= 4 is 28.9 Å². The van der Waals surface area contributed by atoms with Crippen LogP contribution in [-0.2, 0) is 10.3 Å². The number of hydrogen-bond acceptors (Lipinski definition) is 6. The SMILES string of the molecule is CCN(c1ccc(C)cc1)c1ccc2c(c1)Oc1ccc(NC(=O)c3ccccc3OC)cc1C21OC(=O)c2ccccc21. The van der Waals surface area contributed by atoms with Gasteiger partial charge in [-0.25, -0.2) is 4.79 Å². The predicted octanol–water partition coefficient (Wildman–Crippen LogP) is 7.98. The molecule has 0 radical (unpaired) electrons. The van der Waals surface area contributed by atoms with E-state index in [0.29, 0.717) is 45.2 Å². The van der Waals surface area contributed by atoms with E-state index in [4.69, 9.17) is 14.2 Å². The number of esters is 1. The second-order valence-corrected chi connectivity index (χ2v) is 10.8. The third-order valence-electron chi connectivity index (χ3n) is 8.28. The number of ether oxygens (including phenoxy) is 3. The highest BCUT2D eigenvalue weighted by molar-refractivity contribution is 6.06. The van der Waals surface area contributed by atoms with Gasteiger partial charge in [-0.1, -0.05) is 48.0 Å². The van der Waals surface area contributed by atoms with Crippen LogP contribution in [0, 0.1) is 6.92 Å². The maximum atomic E-state index is 13.4. The van der Waals surface area contributed by atoms with E-state index in [1.807, 2.05) is 48.5 Å². The van der Waals surface area contributed by atoms with Crippen LogP contribution in [0.3, 0.4) is 0 Å². The molecule has 2 heterocycles. The molecule has 5 aromatic carbocycles. The molecule has 1 amide bonds. The summed E-state index contributed by atoms with van der Waals surface area (Å²) in [7, 11) is 1.53. The number of benzene rings is 5. The molecule has 0 aromatic heterocycles. The number of hydrogen-bond donors (Lipinski definition) is 1. The Labute approximate surface area is 255 Å². The smallest absolute Gasteiger partial charge is 0.340 e. The van der Waals surface area contributed by atoms with Gasteiger partial charge in [0.1, 0.15) is 17.2 Å². The van der Waals surface area contributed by atoms with Crippen molar-refractivity contribution in [1.29, 1.82) is 0 Å². The normalized spacial score (nSPS) is 15.8. The van der Waals surface area contributed by atoms with E-state index >= 15 is 0 Å². The Kier molecular flexibility index (Phi) is 6.58. The summed E-state index contributed by atoms with van der Waals surface area (Å²) >= 11 is 0. The first-order valence-corrected chi connectivity index (χ1v) is 14.5. The second-order valence-electron chi connectivity index (χ2n) is 10.8. The Bertz CT molecular complexity index is 1930. The quantitative estimate of drug-likeness (QED) is 0.205. The van der Waals surface area contributed by atoms with Crippen molar-refractivity contribution in [3.8, 4) is 17.2 Å². The highest BCUT2D eigenvalue weighted by Crippen LogP contribution is 2.57. The van der Waals surface area contributed by atoms with Gasteiger partial charge >= 0.3 is 5.97 Å². The summed E-state index contributed by atoms with van der Waals surface area (Å²) in [6.45, 7) is 4.92. The number of amides is 1. The van der Waals surface area contributed by atoms with Crippen LogP contribution in [0.15, 0.2) is 109 Å². The fraction of sp³-hybridized carbons (Fsp3) is 0.135. The Balaban J connectivity index is 1.35. The lowest BCUT2D eigenvalue weighted by molar-refractivity contribution is 0.0224. The Hall–Kier alpha value is -5.56. The van der Waals surface area contributed by atoms with Crippen molar-refractivity contribution in [2.75, 3.05) is 23.9 Å². The lowest BCUT2D eigenvalue weighted by atomic mass is 9.77. The topological polar surface area (TPSA) is 77.1 Å². The standard InChI is InChI=1S/C37H30N2O5/c1-4-39(25-16-13-23(2)14-17-25)26-18-19-30-34(22-26)43-33-20-15-24(38-35(40)28-10-6-8-12-32(28)42-3)21-31(33)37(30)29-11-7-5-9-27(29)36(41)44-37/h5-22H,4H2,1-3H3,(H,38,40). The molecule has 0 aliphatic carbocycles. The van der Waals surface area contributed by atoms with Gasteiger partial charge in [-0.2, -0.15) is 0 Å². The van der Waals surface area contributed by atoms with Gasteiger partial charge in [-0.3, -0.25) is 4.79 Å². The number of para-hydroxylation sites is 1. The molecule has 5 aromatic rings. The van der Waals surface area contributed by atoms with Crippen LogP contribution in [0.5, 0.6) is 17.2 Å². The number of rotatable bonds is 6. The highest BCUT2D eigenvalue weighted by Gasteiger charge is 2.53. The highest BCUT2D eigenvalue weighted by atomic mass is 16.6. The van der Waals surface area contributed by atoms with Crippen LogP contribution < -0.4 is 19.7 Å². The third kappa shape index (κ3) is 4.28. The molecule has 0 bridgehead atoms. The van der Waals surface area contributed by atoms with Crippen LogP contribution in [0.2, 0.25) is 0 Å². The summed E-state index contributed by atoms with van der Waals surface area (Å²) in [5.41, 5.74) is 5.43. The van der Waals surface area contributed by atoms with Crippen LogP contribution in [0.4, 0.5) is 17.1 Å². The predicted molar refractivity (Wildman–Crippen MR) is 170 cm³/mol. The van der Waals surface area contributed by atoms with Gasteiger partial charge in [0.2, 0.25) is 0 Å². The number of fused-ring (bicyclic) bond motifs is 6. The average molecular weight is 583 g/mol. The van der Waals surface area contributed by atoms with E-state index in [0.717, 1.165) is 23.5 Å². The maximum Gasteiger partial charge on any atom is 0.340 e. The van der Waals surface area contributed by atoms with E-state index in [9.17, 15) is 9.59 Å². The van der Waals surface area contributed by atoms with E-state index in [-0.39, 0.29) is 5.91 Å². The number of carbonyl (C=O) groups excluding carboxylic acids is 2. The number of carbonyl (C=O) groups is 2. The summed E-state index contributed by atoms with van der Waals surface area (Å²) in [4.78, 5) is 28.8. The number of anilines is 3. The molecule has 1 N–H and O–H groups in total. The molecule has 0 saturated heterocycles. The zero-order valence-electron chi connectivity index (χ0n) is 24.6. The summed E-state index contributed by atoms with van der Waals surface area (Å²) < 4.78 is 18.3. The third-order valence-corrected chi connectivity index (χ3v) is 8.28. The first-order valence-electron chi connectivity index (χ1n) is 14.5. The minimum absolute atomic E-state index is 0.321. The van der Waals surface area contributed by atoms with Crippen molar-refractivity contribution in [3.63, 3.8) is 0 Å². The fourth-order valence-electron chi connectivity index (χ4n) is 6.18. The molecule has 1 atom stereocenters. The molecule has 1 spiro atoms. The number of aryl methyl sites for hydroxylation is 1. The van der Waals surface area contributed by atoms with Gasteiger partial charge in [-0.15, -0.1) is 0 Å². The molecule has 0 fully saturated rings. The molecule has 7 heteroatoms. The van der Waals surface area contributed by atoms with Crippen LogP contribution in [-0.4, -0.2) is 25.5 Å². The molecule has 7 nitrogen and oxygen atoms in total. The zero-order chi connectivity index (χ0) is 30.4. The second kappa shape index (κ2) is 10.6. The molecule has 0 saturated carbocycles. The van der Waals surface area contributed by atoms with E-state index in [1.165, 1.54) is 12.7 Å². The molecule has 218 valence electrons. The van der Waals surface area contributed by atoms with Crippen LogP contribution in [0.1, 0.15) is 49.9 Å². The average Bonchev–Trinajstić information content (AvgIpc) is 3.35. The number of nitrogens with zero attached hydrogens (tertiary/aromatic N) is 1. The van der Waals surface area contributed by atoms with Gasteiger partial charge in [0.05, 0.1) is 18.2 Å². The Morgan fingerprint density at radius 1 is 0.818 bits per heavy atom. The largest absolute Gasteiger partial charge is 0.496 e. The Morgan fingerprint density at radius 3 is 2.36 bits per heavy atom. The van der Waals surface area contributed by atoms with Crippen molar-refractivity contribution in [2.45, 2.75) is 19.4 Å². The lowest BCUT2D eigenvalue weighted by Gasteiger charge is -2.37. The molecule has 7 rings (SSSR count). The minimum Gasteiger partial charge on any atom is -0.496 e. The number of nitrogens with one attached hydrogen (secondary N) is 1. The van der Waals surface area contributed by atoms with Crippen LogP contribution in [0.25, 0.3) is 0 Å². The van der Waals surface area contributed by atoms with Crippen molar-refractivity contribution < 1.29 is 23.8 Å². The number of methoxy groups -OCH3 is 1. The monoisotopic (exact) mass is 582 g/mol. The van der Waals surface area contributed by atoms with Crippen molar-refractivity contribution in [3.05, 3.63) is 143 Å². The molecular weight excluding hydrogens is 552 g/mol. The Morgan fingerprint density at radius 2 is 1.57 bits per heavy atom. The van der Waals surface area contributed by atoms with Gasteiger partial charge in [0, 0.05) is 46.4 Å². The summed E-state index contributed by atoms with van der Waals surface area (Å²) in [6, 6.07) is 34.2. The summed E-state index contributed by atoms with van der Waals surface area (Å²) in [5, 5.41) is 2.98. The minimum atomic E-state index is -1.26.